The quantitative estimate of drug-likeness (QED) is 0.715. The lowest BCUT2D eigenvalue weighted by Crippen LogP contribution is -1.97. The van der Waals surface area contributed by atoms with E-state index in [0.29, 0.717) is 29.8 Å². The van der Waals surface area contributed by atoms with Crippen LogP contribution in [0.15, 0.2) is 40.9 Å². The number of hydrogen-bond acceptors (Lipinski definition) is 4. The lowest BCUT2D eigenvalue weighted by Gasteiger charge is -2.04. The highest BCUT2D eigenvalue weighted by Crippen LogP contribution is 2.22. The van der Waals surface area contributed by atoms with Crippen molar-refractivity contribution in [2.24, 2.45) is 0 Å². The van der Waals surface area contributed by atoms with Crippen LogP contribution < -0.4 is 5.32 Å². The van der Waals surface area contributed by atoms with E-state index in [9.17, 15) is 8.78 Å². The van der Waals surface area contributed by atoms with Gasteiger partial charge in [0.2, 0.25) is 0 Å². The topological polar surface area (TPSA) is 53.9 Å². The Labute approximate surface area is 123 Å². The molecule has 110 valence electrons. The van der Waals surface area contributed by atoms with Gasteiger partial charge in [0.25, 0.3) is 5.76 Å². The Hall–Kier alpha value is -2.02. The van der Waals surface area contributed by atoms with Gasteiger partial charge >= 0.3 is 0 Å². The molecule has 0 unspecified atom stereocenters. The molecule has 3 rings (SSSR count). The number of hydrogen-bond donors (Lipinski definition) is 2. The van der Waals surface area contributed by atoms with Crippen LogP contribution in [0.3, 0.4) is 0 Å². The molecule has 2 N–H and O–H groups in total. The monoisotopic (exact) mass is 309 g/mol. The highest BCUT2D eigenvalue weighted by molar-refractivity contribution is 7.98. The summed E-state index contributed by atoms with van der Waals surface area (Å²) < 4.78 is 29.7. The molecule has 0 atom stereocenters. The second-order valence-electron chi connectivity index (χ2n) is 4.47. The molecule has 21 heavy (non-hydrogen) atoms. The number of nitrogens with zero attached hydrogens (tertiary/aromatic N) is 1. The molecule has 0 bridgehead atoms. The molecule has 2 heterocycles. The van der Waals surface area contributed by atoms with Crippen molar-refractivity contribution in [2.75, 3.05) is 5.32 Å². The summed E-state index contributed by atoms with van der Waals surface area (Å²) in [5, 5.41) is 11.1. The molecular weight excluding hydrogens is 296 g/mol. The van der Waals surface area contributed by atoms with Gasteiger partial charge in [-0.3, -0.25) is 5.10 Å². The number of thioether (sulfide) groups is 1. The molecule has 0 fully saturated rings. The molecule has 0 aliphatic heterocycles. The molecule has 7 heteroatoms. The molecule has 0 saturated heterocycles. The number of aromatic nitrogens is 2. The third-order valence-electron chi connectivity index (χ3n) is 2.98. The SMILES string of the molecule is FC(F)SCc1ccc(CNc2ccc3[nH]ncc3c2)o1. The number of halogens is 2. The fourth-order valence-corrected chi connectivity index (χ4v) is 2.43. The van der Waals surface area contributed by atoms with Gasteiger partial charge in [0, 0.05) is 11.1 Å². The second-order valence-corrected chi connectivity index (χ2v) is 5.44. The summed E-state index contributed by atoms with van der Waals surface area (Å²) in [6.07, 6.45) is 1.76. The number of nitrogens with one attached hydrogen (secondary N) is 2. The molecule has 1 aromatic carbocycles. The number of anilines is 1. The lowest BCUT2D eigenvalue weighted by atomic mass is 10.2. The van der Waals surface area contributed by atoms with Crippen LogP contribution in [-0.2, 0) is 12.3 Å². The summed E-state index contributed by atoms with van der Waals surface area (Å²) in [4.78, 5) is 0. The van der Waals surface area contributed by atoms with Gasteiger partial charge in [-0.15, -0.1) is 0 Å². The summed E-state index contributed by atoms with van der Waals surface area (Å²) >= 11 is 0.557. The minimum absolute atomic E-state index is 0.179. The van der Waals surface area contributed by atoms with Crippen LogP contribution in [-0.4, -0.2) is 16.0 Å². The Morgan fingerprint density at radius 3 is 2.95 bits per heavy atom. The van der Waals surface area contributed by atoms with Crippen molar-refractivity contribution in [3.05, 3.63) is 48.0 Å². The molecular formula is C14H13F2N3OS. The number of benzene rings is 1. The van der Waals surface area contributed by atoms with Crippen molar-refractivity contribution >= 4 is 28.4 Å². The smallest absolute Gasteiger partial charge is 0.284 e. The van der Waals surface area contributed by atoms with Crippen molar-refractivity contribution in [1.29, 1.82) is 0 Å². The molecule has 0 aliphatic carbocycles. The van der Waals surface area contributed by atoms with Crippen LogP contribution in [0.2, 0.25) is 0 Å². The molecule has 2 aromatic heterocycles. The van der Waals surface area contributed by atoms with Gasteiger partial charge in [0.15, 0.2) is 0 Å². The molecule has 4 nitrogen and oxygen atoms in total. The fraction of sp³-hybridized carbons (Fsp3) is 0.214. The van der Waals surface area contributed by atoms with Crippen molar-refractivity contribution in [3.8, 4) is 0 Å². The molecule has 0 radical (unpaired) electrons. The van der Waals surface area contributed by atoms with Gasteiger partial charge in [0.1, 0.15) is 11.5 Å². The predicted octanol–water partition coefficient (Wildman–Crippen LogP) is 4.22. The number of H-pyrrole nitrogens is 1. The van der Waals surface area contributed by atoms with Gasteiger partial charge in [0.05, 0.1) is 24.0 Å². The van der Waals surface area contributed by atoms with E-state index in [0.717, 1.165) is 16.6 Å². The van der Waals surface area contributed by atoms with Gasteiger partial charge in [-0.2, -0.15) is 13.9 Å². The first-order chi connectivity index (χ1) is 10.2. The summed E-state index contributed by atoms with van der Waals surface area (Å²) in [6.45, 7) is 0.503. The van der Waals surface area contributed by atoms with E-state index in [1.54, 1.807) is 18.3 Å². The van der Waals surface area contributed by atoms with Crippen molar-refractivity contribution in [3.63, 3.8) is 0 Å². The Morgan fingerprint density at radius 1 is 1.24 bits per heavy atom. The standard InChI is InChI=1S/C14H13F2N3OS/c15-14(16)21-8-12-3-2-11(20-12)7-17-10-1-4-13-9(5-10)6-18-19-13/h1-6,14,17H,7-8H2,(H,18,19). The molecule has 0 saturated carbocycles. The van der Waals surface area contributed by atoms with E-state index < -0.39 is 5.76 Å². The molecule has 3 aromatic rings. The predicted molar refractivity (Wildman–Crippen MR) is 79.4 cm³/mol. The van der Waals surface area contributed by atoms with E-state index >= 15 is 0 Å². The average Bonchev–Trinajstić information content (AvgIpc) is 3.11. The van der Waals surface area contributed by atoms with Crippen LogP contribution in [0.25, 0.3) is 10.9 Å². The normalized spacial score (nSPS) is 11.4. The van der Waals surface area contributed by atoms with Crippen molar-refractivity contribution in [2.45, 2.75) is 18.1 Å². The number of furan rings is 1. The zero-order valence-electron chi connectivity index (χ0n) is 11.0. The van der Waals surface area contributed by atoms with Crippen LogP contribution in [0.4, 0.5) is 14.5 Å². The van der Waals surface area contributed by atoms with Crippen molar-refractivity contribution < 1.29 is 13.2 Å². The average molecular weight is 309 g/mol. The van der Waals surface area contributed by atoms with E-state index in [1.165, 1.54) is 0 Å². The van der Waals surface area contributed by atoms with E-state index in [4.69, 9.17) is 4.42 Å². The Balaban J connectivity index is 1.59. The first kappa shape index (κ1) is 13.9. The van der Waals surface area contributed by atoms with Gasteiger partial charge in [-0.25, -0.2) is 0 Å². The summed E-state index contributed by atoms with van der Waals surface area (Å²) in [5.41, 5.74) is 1.92. The number of rotatable bonds is 6. The summed E-state index contributed by atoms with van der Waals surface area (Å²) in [5.74, 6) is -0.925. The maximum Gasteiger partial charge on any atom is 0.284 e. The Kier molecular flexibility index (Phi) is 4.10. The molecule has 0 amide bonds. The highest BCUT2D eigenvalue weighted by Gasteiger charge is 2.07. The maximum absolute atomic E-state index is 12.1. The van der Waals surface area contributed by atoms with Crippen molar-refractivity contribution in [1.82, 2.24) is 10.2 Å². The first-order valence-electron chi connectivity index (χ1n) is 6.35. The number of fused-ring (bicyclic) bond motifs is 1. The van der Waals surface area contributed by atoms with Crippen LogP contribution in [0, 0.1) is 0 Å². The largest absolute Gasteiger partial charge is 0.463 e. The second kappa shape index (κ2) is 6.17. The van der Waals surface area contributed by atoms with Gasteiger partial charge < -0.3 is 9.73 Å². The van der Waals surface area contributed by atoms with E-state index in [-0.39, 0.29) is 5.75 Å². The Morgan fingerprint density at radius 2 is 2.10 bits per heavy atom. The highest BCUT2D eigenvalue weighted by atomic mass is 32.2. The Bertz CT molecular complexity index is 726. The van der Waals surface area contributed by atoms with E-state index in [1.807, 2.05) is 18.2 Å². The molecule has 0 aliphatic rings. The molecule has 0 spiro atoms. The van der Waals surface area contributed by atoms with Gasteiger partial charge in [-0.05, 0) is 30.3 Å². The summed E-state index contributed by atoms with van der Waals surface area (Å²) in [6, 6.07) is 9.39. The van der Waals surface area contributed by atoms with Crippen LogP contribution >= 0.6 is 11.8 Å². The van der Waals surface area contributed by atoms with Crippen LogP contribution in [0.1, 0.15) is 11.5 Å². The van der Waals surface area contributed by atoms with E-state index in [2.05, 4.69) is 15.5 Å². The summed E-state index contributed by atoms with van der Waals surface area (Å²) in [7, 11) is 0. The minimum Gasteiger partial charge on any atom is -0.463 e. The van der Waals surface area contributed by atoms with Crippen LogP contribution in [0.5, 0.6) is 0 Å². The number of aromatic amines is 1. The fourth-order valence-electron chi connectivity index (χ4n) is 1.98. The zero-order valence-corrected chi connectivity index (χ0v) is 11.8. The maximum atomic E-state index is 12.1. The first-order valence-corrected chi connectivity index (χ1v) is 7.40. The third-order valence-corrected chi connectivity index (χ3v) is 3.68. The third kappa shape index (κ3) is 3.55. The zero-order chi connectivity index (χ0) is 14.7. The number of alkyl halides is 2. The minimum atomic E-state index is -2.38. The van der Waals surface area contributed by atoms with Gasteiger partial charge in [-0.1, -0.05) is 11.8 Å². The lowest BCUT2D eigenvalue weighted by molar-refractivity contribution is 0.251.